The van der Waals surface area contributed by atoms with Gasteiger partial charge in [0.25, 0.3) is 0 Å². The third-order valence-electron chi connectivity index (χ3n) is 4.94. The number of benzene rings is 2. The summed E-state index contributed by atoms with van der Waals surface area (Å²) in [6, 6.07) is 16.9. The first-order chi connectivity index (χ1) is 10.8. The van der Waals surface area contributed by atoms with Crippen LogP contribution < -0.4 is 5.32 Å². The highest BCUT2D eigenvalue weighted by Crippen LogP contribution is 2.41. The molecule has 2 aromatic rings. The molecule has 0 bridgehead atoms. The highest BCUT2D eigenvalue weighted by Gasteiger charge is 2.40. The van der Waals surface area contributed by atoms with Crippen LogP contribution in [-0.4, -0.2) is 30.4 Å². The Labute approximate surface area is 131 Å². The van der Waals surface area contributed by atoms with E-state index in [1.54, 1.807) is 0 Å². The predicted octanol–water partition coefficient (Wildman–Crippen LogP) is 2.61. The van der Waals surface area contributed by atoms with Crippen molar-refractivity contribution >= 4 is 5.91 Å². The normalized spacial score (nSPS) is 24.3. The van der Waals surface area contributed by atoms with Crippen LogP contribution in [-0.2, 0) is 4.79 Å². The van der Waals surface area contributed by atoms with Crippen LogP contribution in [0.25, 0.3) is 0 Å². The second-order valence-corrected chi connectivity index (χ2v) is 6.23. The number of nitrogens with zero attached hydrogens (tertiary/aromatic N) is 1. The second kappa shape index (κ2) is 5.25. The Bertz CT molecular complexity index is 711. The molecule has 22 heavy (non-hydrogen) atoms. The number of aryl methyl sites for hydroxylation is 1. The highest BCUT2D eigenvalue weighted by molar-refractivity contribution is 5.85. The van der Waals surface area contributed by atoms with Crippen LogP contribution in [0.2, 0.25) is 0 Å². The molecule has 0 spiro atoms. The summed E-state index contributed by atoms with van der Waals surface area (Å²) in [6.07, 6.45) is 0. The van der Waals surface area contributed by atoms with Gasteiger partial charge in [0.15, 0.2) is 0 Å². The van der Waals surface area contributed by atoms with E-state index >= 15 is 0 Å². The first kappa shape index (κ1) is 13.5. The van der Waals surface area contributed by atoms with Gasteiger partial charge in [0.1, 0.15) is 6.04 Å². The van der Waals surface area contributed by atoms with Crippen LogP contribution in [0.4, 0.5) is 0 Å². The third-order valence-corrected chi connectivity index (χ3v) is 4.94. The molecule has 2 atom stereocenters. The van der Waals surface area contributed by atoms with Gasteiger partial charge in [0, 0.05) is 25.6 Å². The molecule has 0 unspecified atom stereocenters. The van der Waals surface area contributed by atoms with E-state index in [4.69, 9.17) is 0 Å². The van der Waals surface area contributed by atoms with Gasteiger partial charge in [-0.2, -0.15) is 0 Å². The Morgan fingerprint density at radius 3 is 2.73 bits per heavy atom. The van der Waals surface area contributed by atoms with Crippen molar-refractivity contribution in [3.05, 3.63) is 70.8 Å². The molecule has 1 fully saturated rings. The number of hydrogen-bond donors (Lipinski definition) is 1. The van der Waals surface area contributed by atoms with Gasteiger partial charge >= 0.3 is 0 Å². The van der Waals surface area contributed by atoms with Crippen molar-refractivity contribution in [2.45, 2.75) is 18.9 Å². The number of carbonyl (C=O) groups is 1. The van der Waals surface area contributed by atoms with Crippen molar-refractivity contribution in [3.63, 3.8) is 0 Å². The van der Waals surface area contributed by atoms with Crippen molar-refractivity contribution in [3.8, 4) is 0 Å². The lowest BCUT2D eigenvalue weighted by Gasteiger charge is -2.43. The molecular formula is C19H20N2O. The van der Waals surface area contributed by atoms with Crippen LogP contribution in [0.15, 0.2) is 48.5 Å². The fourth-order valence-electron chi connectivity index (χ4n) is 3.91. The summed E-state index contributed by atoms with van der Waals surface area (Å²) in [7, 11) is 0. The van der Waals surface area contributed by atoms with Gasteiger partial charge in [-0.25, -0.2) is 0 Å². The lowest BCUT2D eigenvalue weighted by Crippen LogP contribution is -2.53. The molecule has 0 aromatic heterocycles. The molecule has 1 N–H and O–H groups in total. The summed E-state index contributed by atoms with van der Waals surface area (Å²) in [4.78, 5) is 14.8. The van der Waals surface area contributed by atoms with E-state index in [1.165, 1.54) is 22.3 Å². The van der Waals surface area contributed by atoms with E-state index < -0.39 is 0 Å². The Morgan fingerprint density at radius 2 is 1.91 bits per heavy atom. The summed E-state index contributed by atoms with van der Waals surface area (Å²) >= 11 is 0. The lowest BCUT2D eigenvalue weighted by molar-refractivity contribution is -0.129. The van der Waals surface area contributed by atoms with Crippen molar-refractivity contribution < 1.29 is 4.79 Å². The number of fused-ring (bicyclic) bond motifs is 3. The summed E-state index contributed by atoms with van der Waals surface area (Å²) in [5.74, 6) is 0.492. The fraction of sp³-hybridized carbons (Fsp3) is 0.316. The Balaban J connectivity index is 1.88. The maximum atomic E-state index is 12.4. The molecule has 2 aliphatic heterocycles. The van der Waals surface area contributed by atoms with Crippen LogP contribution >= 0.6 is 0 Å². The molecule has 1 saturated heterocycles. The lowest BCUT2D eigenvalue weighted by atomic mass is 9.79. The molecule has 3 heteroatoms. The Morgan fingerprint density at radius 1 is 1.09 bits per heavy atom. The minimum atomic E-state index is -0.120. The van der Waals surface area contributed by atoms with Crippen LogP contribution in [0.5, 0.6) is 0 Å². The zero-order valence-corrected chi connectivity index (χ0v) is 12.8. The van der Waals surface area contributed by atoms with Gasteiger partial charge in [-0.1, -0.05) is 48.5 Å². The van der Waals surface area contributed by atoms with Crippen LogP contribution in [0.3, 0.4) is 0 Å². The zero-order valence-electron chi connectivity index (χ0n) is 12.8. The van der Waals surface area contributed by atoms with E-state index in [-0.39, 0.29) is 11.9 Å². The van der Waals surface area contributed by atoms with Crippen molar-refractivity contribution in [1.82, 2.24) is 10.2 Å². The SMILES string of the molecule is Cc1cccc2c1[C@H]1C(=O)NCCN1C[C@@H]2c1ccccc1. The quantitative estimate of drug-likeness (QED) is 0.876. The average Bonchev–Trinajstić information content (AvgIpc) is 2.55. The molecule has 2 heterocycles. The van der Waals surface area contributed by atoms with E-state index in [9.17, 15) is 4.79 Å². The third kappa shape index (κ3) is 2.04. The number of nitrogens with one attached hydrogen (secondary N) is 1. The molecule has 2 aromatic carbocycles. The molecule has 3 nitrogen and oxygen atoms in total. The summed E-state index contributed by atoms with van der Waals surface area (Å²) < 4.78 is 0. The molecule has 1 amide bonds. The van der Waals surface area contributed by atoms with Crippen LogP contribution in [0, 0.1) is 6.92 Å². The fourth-order valence-corrected chi connectivity index (χ4v) is 3.91. The van der Waals surface area contributed by atoms with Crippen LogP contribution in [0.1, 0.15) is 34.2 Å². The first-order valence-corrected chi connectivity index (χ1v) is 7.92. The van der Waals surface area contributed by atoms with Gasteiger partial charge in [-0.3, -0.25) is 9.69 Å². The maximum absolute atomic E-state index is 12.4. The van der Waals surface area contributed by atoms with E-state index in [2.05, 4.69) is 65.7 Å². The van der Waals surface area contributed by atoms with E-state index in [0.29, 0.717) is 5.92 Å². The molecule has 0 radical (unpaired) electrons. The number of carbonyl (C=O) groups excluding carboxylic acids is 1. The molecule has 0 aliphatic carbocycles. The Hall–Kier alpha value is -2.13. The summed E-state index contributed by atoms with van der Waals surface area (Å²) in [5, 5.41) is 3.02. The Kier molecular flexibility index (Phi) is 3.23. The standard InChI is InChI=1S/C19H20N2O/c1-13-6-5-9-15-16(14-7-3-2-4-8-14)12-21-11-10-20-19(22)18(21)17(13)15/h2-9,16,18H,10-12H2,1H3,(H,20,22)/t16-,18+/m1/s1. The number of piperazine rings is 1. The van der Waals surface area contributed by atoms with E-state index in [0.717, 1.165) is 19.6 Å². The second-order valence-electron chi connectivity index (χ2n) is 6.23. The van der Waals surface area contributed by atoms with Crippen molar-refractivity contribution in [1.29, 1.82) is 0 Å². The smallest absolute Gasteiger partial charge is 0.242 e. The number of hydrogen-bond acceptors (Lipinski definition) is 2. The van der Waals surface area contributed by atoms with Gasteiger partial charge in [0.05, 0.1) is 0 Å². The van der Waals surface area contributed by atoms with Gasteiger partial charge in [0.2, 0.25) is 5.91 Å². The summed E-state index contributed by atoms with van der Waals surface area (Å²) in [6.45, 7) is 4.70. The van der Waals surface area contributed by atoms with Crippen molar-refractivity contribution in [2.75, 3.05) is 19.6 Å². The monoisotopic (exact) mass is 292 g/mol. The molecule has 112 valence electrons. The number of amides is 1. The number of rotatable bonds is 1. The molecule has 0 saturated carbocycles. The van der Waals surface area contributed by atoms with Crippen molar-refractivity contribution in [2.24, 2.45) is 0 Å². The first-order valence-electron chi connectivity index (χ1n) is 7.92. The van der Waals surface area contributed by atoms with Gasteiger partial charge in [-0.05, 0) is 29.2 Å². The maximum Gasteiger partial charge on any atom is 0.242 e. The minimum absolute atomic E-state index is 0.120. The highest BCUT2D eigenvalue weighted by atomic mass is 16.2. The largest absolute Gasteiger partial charge is 0.353 e. The minimum Gasteiger partial charge on any atom is -0.353 e. The molecule has 2 aliphatic rings. The summed E-state index contributed by atoms with van der Waals surface area (Å²) in [5.41, 5.74) is 5.06. The molecular weight excluding hydrogens is 272 g/mol. The van der Waals surface area contributed by atoms with Gasteiger partial charge in [-0.15, -0.1) is 0 Å². The zero-order chi connectivity index (χ0) is 15.1. The van der Waals surface area contributed by atoms with E-state index in [1.807, 2.05) is 0 Å². The predicted molar refractivity (Wildman–Crippen MR) is 86.8 cm³/mol. The average molecular weight is 292 g/mol. The topological polar surface area (TPSA) is 32.3 Å². The van der Waals surface area contributed by atoms with Gasteiger partial charge < -0.3 is 5.32 Å². The molecule has 4 rings (SSSR count).